The van der Waals surface area contributed by atoms with Gasteiger partial charge in [0.25, 0.3) is 0 Å². The lowest BCUT2D eigenvalue weighted by molar-refractivity contribution is -0.140. The van der Waals surface area contributed by atoms with E-state index in [9.17, 15) is 4.79 Å². The number of amides is 1. The molecule has 3 heterocycles. The number of aromatic nitrogens is 2. The number of nitrogens with one attached hydrogen (secondary N) is 1. The van der Waals surface area contributed by atoms with Crippen molar-refractivity contribution < 1.29 is 9.53 Å². The number of carbonyl (C=O) groups is 1. The summed E-state index contributed by atoms with van der Waals surface area (Å²) in [6.45, 7) is 3.90. The fourth-order valence-electron chi connectivity index (χ4n) is 3.85. The number of hydrogen-bond donors (Lipinski definition) is 1. The first-order chi connectivity index (χ1) is 12.3. The molecule has 2 aliphatic heterocycles. The highest BCUT2D eigenvalue weighted by atomic mass is 16.5. The highest BCUT2D eigenvalue weighted by Crippen LogP contribution is 2.29. The highest BCUT2D eigenvalue weighted by Gasteiger charge is 2.37. The number of benzene rings is 1. The first-order valence-electron chi connectivity index (χ1n) is 8.95. The van der Waals surface area contributed by atoms with Gasteiger partial charge in [0.1, 0.15) is 0 Å². The number of ether oxygens (including phenoxy) is 1. The molecule has 0 aliphatic carbocycles. The second-order valence-electron chi connectivity index (χ2n) is 6.80. The van der Waals surface area contributed by atoms with Gasteiger partial charge in [-0.2, -0.15) is 5.10 Å². The molecule has 0 radical (unpaired) electrons. The monoisotopic (exact) mass is 340 g/mol. The molecule has 25 heavy (non-hydrogen) atoms. The van der Waals surface area contributed by atoms with Gasteiger partial charge in [0.05, 0.1) is 31.5 Å². The quantitative estimate of drug-likeness (QED) is 0.919. The molecular formula is C19H24N4O2. The molecular weight excluding hydrogens is 316 g/mol. The molecule has 1 aromatic carbocycles. The van der Waals surface area contributed by atoms with Gasteiger partial charge in [0, 0.05) is 32.3 Å². The third-order valence-corrected chi connectivity index (χ3v) is 5.23. The minimum Gasteiger partial charge on any atom is -0.378 e. The Morgan fingerprint density at radius 3 is 2.92 bits per heavy atom. The van der Waals surface area contributed by atoms with E-state index in [1.807, 2.05) is 17.2 Å². The Morgan fingerprint density at radius 2 is 2.12 bits per heavy atom. The number of carbonyl (C=O) groups excluding carboxylic acids is 1. The van der Waals surface area contributed by atoms with E-state index >= 15 is 0 Å². The average Bonchev–Trinajstić information content (AvgIpc) is 3.19. The topological polar surface area (TPSA) is 61.5 Å². The summed E-state index contributed by atoms with van der Waals surface area (Å²) < 4.78 is 5.86. The van der Waals surface area contributed by atoms with Crippen molar-refractivity contribution in [3.8, 4) is 0 Å². The number of H-pyrrole nitrogens is 1. The Morgan fingerprint density at radius 1 is 1.24 bits per heavy atom. The zero-order valence-corrected chi connectivity index (χ0v) is 14.3. The maximum Gasteiger partial charge on any atom is 0.223 e. The Kier molecular flexibility index (Phi) is 4.81. The van der Waals surface area contributed by atoms with Crippen LogP contribution >= 0.6 is 0 Å². The van der Waals surface area contributed by atoms with Crippen LogP contribution in [0, 0.1) is 0 Å². The Labute approximate surface area is 147 Å². The largest absolute Gasteiger partial charge is 0.378 e. The molecule has 1 N–H and O–H groups in total. The van der Waals surface area contributed by atoms with Gasteiger partial charge in [-0.1, -0.05) is 30.3 Å². The standard InChI is InChI=1S/C19H24N4O2/c24-19(7-6-15-10-20-21-11-15)22-8-9-23-17(12-22)13-25-14-18(23)16-4-2-1-3-5-16/h1-5,10-11,17-18H,6-9,12-14H2,(H,20,21)/t17-,18-/m1/s1. The van der Waals surface area contributed by atoms with Crippen LogP contribution in [0.1, 0.15) is 23.6 Å². The first kappa shape index (κ1) is 16.3. The molecule has 2 saturated heterocycles. The van der Waals surface area contributed by atoms with Crippen LogP contribution in [0.3, 0.4) is 0 Å². The summed E-state index contributed by atoms with van der Waals surface area (Å²) in [5.41, 5.74) is 2.38. The molecule has 0 spiro atoms. The summed E-state index contributed by atoms with van der Waals surface area (Å²) in [5, 5.41) is 6.72. The second kappa shape index (κ2) is 7.37. The third kappa shape index (κ3) is 3.60. The lowest BCUT2D eigenvalue weighted by Crippen LogP contribution is -2.60. The maximum absolute atomic E-state index is 12.6. The van der Waals surface area contributed by atoms with Crippen LogP contribution in [0.15, 0.2) is 42.7 Å². The molecule has 0 bridgehead atoms. The predicted molar refractivity (Wildman–Crippen MR) is 94.0 cm³/mol. The van der Waals surface area contributed by atoms with Crippen molar-refractivity contribution in [2.24, 2.45) is 0 Å². The number of aromatic amines is 1. The van der Waals surface area contributed by atoms with Gasteiger partial charge in [-0.05, 0) is 17.5 Å². The van der Waals surface area contributed by atoms with Crippen molar-refractivity contribution in [3.63, 3.8) is 0 Å². The van der Waals surface area contributed by atoms with Crippen molar-refractivity contribution in [2.75, 3.05) is 32.8 Å². The van der Waals surface area contributed by atoms with E-state index in [2.05, 4.69) is 39.4 Å². The molecule has 4 rings (SSSR count). The molecule has 1 amide bonds. The van der Waals surface area contributed by atoms with Crippen LogP contribution in [0.5, 0.6) is 0 Å². The van der Waals surface area contributed by atoms with Crippen LogP contribution in [0.25, 0.3) is 0 Å². The summed E-state index contributed by atoms with van der Waals surface area (Å²) >= 11 is 0. The van der Waals surface area contributed by atoms with E-state index in [-0.39, 0.29) is 11.9 Å². The summed E-state index contributed by atoms with van der Waals surface area (Å²) in [6, 6.07) is 11.1. The normalized spacial score (nSPS) is 24.1. The van der Waals surface area contributed by atoms with Crippen molar-refractivity contribution >= 4 is 5.91 Å². The number of morpholine rings is 1. The van der Waals surface area contributed by atoms with E-state index in [0.29, 0.717) is 19.1 Å². The van der Waals surface area contributed by atoms with Crippen LogP contribution in [0.2, 0.25) is 0 Å². The van der Waals surface area contributed by atoms with Crippen LogP contribution in [-0.2, 0) is 16.0 Å². The number of hydrogen-bond acceptors (Lipinski definition) is 4. The molecule has 2 aromatic rings. The Bertz CT molecular complexity index is 689. The first-order valence-corrected chi connectivity index (χ1v) is 8.95. The maximum atomic E-state index is 12.6. The van der Waals surface area contributed by atoms with Crippen LogP contribution in [-0.4, -0.2) is 64.8 Å². The van der Waals surface area contributed by atoms with Crippen molar-refractivity contribution in [1.82, 2.24) is 20.0 Å². The van der Waals surface area contributed by atoms with Crippen LogP contribution < -0.4 is 0 Å². The number of rotatable bonds is 4. The fourth-order valence-corrected chi connectivity index (χ4v) is 3.85. The van der Waals surface area contributed by atoms with Gasteiger partial charge in [0.2, 0.25) is 5.91 Å². The molecule has 0 unspecified atom stereocenters. The zero-order valence-electron chi connectivity index (χ0n) is 14.3. The Balaban J connectivity index is 1.37. The van der Waals surface area contributed by atoms with Crippen molar-refractivity contribution in [2.45, 2.75) is 24.9 Å². The van der Waals surface area contributed by atoms with Gasteiger partial charge in [-0.25, -0.2) is 0 Å². The zero-order chi connectivity index (χ0) is 17.1. The van der Waals surface area contributed by atoms with E-state index < -0.39 is 0 Å². The number of fused-ring (bicyclic) bond motifs is 1. The number of piperazine rings is 1. The van der Waals surface area contributed by atoms with E-state index in [1.165, 1.54) is 5.56 Å². The lowest BCUT2D eigenvalue weighted by atomic mass is 10.00. The number of nitrogens with zero attached hydrogens (tertiary/aromatic N) is 3. The van der Waals surface area contributed by atoms with Crippen molar-refractivity contribution in [3.05, 3.63) is 53.9 Å². The summed E-state index contributed by atoms with van der Waals surface area (Å²) in [7, 11) is 0. The van der Waals surface area contributed by atoms with Gasteiger partial charge >= 0.3 is 0 Å². The molecule has 2 fully saturated rings. The summed E-state index contributed by atoms with van der Waals surface area (Å²) in [4.78, 5) is 17.1. The molecule has 6 nitrogen and oxygen atoms in total. The van der Waals surface area contributed by atoms with Gasteiger partial charge in [-0.3, -0.25) is 14.8 Å². The Hall–Kier alpha value is -2.18. The summed E-state index contributed by atoms with van der Waals surface area (Å²) in [6.07, 6.45) is 4.91. The SMILES string of the molecule is O=C(CCc1cn[nH]c1)N1CCN2[C@@H](COC[C@@H]2c2ccccc2)C1. The van der Waals surface area contributed by atoms with E-state index in [1.54, 1.807) is 6.20 Å². The second-order valence-corrected chi connectivity index (χ2v) is 6.80. The minimum absolute atomic E-state index is 0.225. The van der Waals surface area contributed by atoms with Gasteiger partial charge in [0.15, 0.2) is 0 Å². The smallest absolute Gasteiger partial charge is 0.223 e. The van der Waals surface area contributed by atoms with Gasteiger partial charge < -0.3 is 9.64 Å². The molecule has 2 atom stereocenters. The molecule has 2 aliphatic rings. The van der Waals surface area contributed by atoms with Gasteiger partial charge in [-0.15, -0.1) is 0 Å². The molecule has 1 aromatic heterocycles. The summed E-state index contributed by atoms with van der Waals surface area (Å²) in [5.74, 6) is 0.225. The fraction of sp³-hybridized carbons (Fsp3) is 0.474. The average molecular weight is 340 g/mol. The predicted octanol–water partition coefficient (Wildman–Crippen LogP) is 1.63. The molecule has 132 valence electrons. The highest BCUT2D eigenvalue weighted by molar-refractivity contribution is 5.76. The molecule has 6 heteroatoms. The molecule has 0 saturated carbocycles. The van der Waals surface area contributed by atoms with E-state index in [4.69, 9.17) is 4.74 Å². The van der Waals surface area contributed by atoms with E-state index in [0.717, 1.165) is 38.2 Å². The lowest BCUT2D eigenvalue weighted by Gasteiger charge is -2.48. The number of aryl methyl sites for hydroxylation is 1. The minimum atomic E-state index is 0.225. The van der Waals surface area contributed by atoms with Crippen LogP contribution in [0.4, 0.5) is 0 Å². The van der Waals surface area contributed by atoms with Crippen molar-refractivity contribution in [1.29, 1.82) is 0 Å². The third-order valence-electron chi connectivity index (χ3n) is 5.23.